The summed E-state index contributed by atoms with van der Waals surface area (Å²) in [5.41, 5.74) is 0.770. The summed E-state index contributed by atoms with van der Waals surface area (Å²) in [6.45, 7) is 0.695. The van der Waals surface area contributed by atoms with Gasteiger partial charge in [0.1, 0.15) is 19.0 Å². The van der Waals surface area contributed by atoms with Crippen molar-refractivity contribution in [2.24, 2.45) is 0 Å². The third-order valence-corrected chi connectivity index (χ3v) is 3.16. The minimum Gasteiger partial charge on any atom is -0.493 e. The van der Waals surface area contributed by atoms with Crippen LogP contribution in [0.5, 0.6) is 17.2 Å². The molecule has 4 nitrogen and oxygen atoms in total. The van der Waals surface area contributed by atoms with Gasteiger partial charge in [0, 0.05) is 0 Å². The van der Waals surface area contributed by atoms with E-state index < -0.39 is 0 Å². The van der Waals surface area contributed by atoms with Gasteiger partial charge in [0.25, 0.3) is 0 Å². The maximum Gasteiger partial charge on any atom is 0.161 e. The summed E-state index contributed by atoms with van der Waals surface area (Å²) in [6.07, 6.45) is 0. The van der Waals surface area contributed by atoms with E-state index in [1.807, 2.05) is 12.1 Å². The second kappa shape index (κ2) is 7.76. The molecule has 0 aliphatic heterocycles. The van der Waals surface area contributed by atoms with Crippen molar-refractivity contribution in [1.29, 1.82) is 0 Å². The van der Waals surface area contributed by atoms with Crippen molar-refractivity contribution in [3.8, 4) is 17.2 Å². The Kier molecular flexibility index (Phi) is 5.72. The molecular weight excluding hydrogens is 292 g/mol. The standard InChI is InChI=1S/C16H17ClO4/c1-19-16-10-12(11-18)6-7-15(16)21-9-8-20-14-5-3-2-4-13(14)17/h2-7,10,18H,8-9,11H2,1H3. The lowest BCUT2D eigenvalue weighted by molar-refractivity contribution is 0.211. The lowest BCUT2D eigenvalue weighted by Crippen LogP contribution is -2.09. The molecule has 0 atom stereocenters. The first-order valence-electron chi connectivity index (χ1n) is 6.52. The fourth-order valence-corrected chi connectivity index (χ4v) is 1.98. The van der Waals surface area contributed by atoms with E-state index in [4.69, 9.17) is 30.9 Å². The molecule has 2 rings (SSSR count). The number of hydrogen-bond donors (Lipinski definition) is 1. The molecule has 5 heteroatoms. The number of aliphatic hydroxyl groups is 1. The zero-order chi connectivity index (χ0) is 15.1. The van der Waals surface area contributed by atoms with Crippen LogP contribution in [0.1, 0.15) is 5.56 Å². The lowest BCUT2D eigenvalue weighted by Gasteiger charge is -2.12. The molecule has 0 aliphatic rings. The van der Waals surface area contributed by atoms with Crippen LogP contribution in [0.4, 0.5) is 0 Å². The largest absolute Gasteiger partial charge is 0.493 e. The highest BCUT2D eigenvalue weighted by molar-refractivity contribution is 6.32. The summed E-state index contributed by atoms with van der Waals surface area (Å²) in [5.74, 6) is 1.82. The van der Waals surface area contributed by atoms with Gasteiger partial charge in [0.15, 0.2) is 11.5 Å². The van der Waals surface area contributed by atoms with Crippen molar-refractivity contribution in [3.05, 3.63) is 53.1 Å². The second-order valence-electron chi connectivity index (χ2n) is 4.27. The van der Waals surface area contributed by atoms with E-state index >= 15 is 0 Å². The lowest BCUT2D eigenvalue weighted by atomic mass is 10.2. The highest BCUT2D eigenvalue weighted by Crippen LogP contribution is 2.28. The van der Waals surface area contributed by atoms with E-state index in [0.29, 0.717) is 35.5 Å². The van der Waals surface area contributed by atoms with Gasteiger partial charge in [-0.1, -0.05) is 29.8 Å². The minimum absolute atomic E-state index is 0.0355. The van der Waals surface area contributed by atoms with Crippen LogP contribution >= 0.6 is 11.6 Å². The van der Waals surface area contributed by atoms with E-state index in [1.54, 1.807) is 37.4 Å². The van der Waals surface area contributed by atoms with Crippen LogP contribution in [-0.2, 0) is 6.61 Å². The smallest absolute Gasteiger partial charge is 0.161 e. The zero-order valence-electron chi connectivity index (χ0n) is 11.7. The van der Waals surface area contributed by atoms with Crippen molar-refractivity contribution in [2.45, 2.75) is 6.61 Å². The van der Waals surface area contributed by atoms with Crippen LogP contribution in [0.3, 0.4) is 0 Å². The van der Waals surface area contributed by atoms with Crippen molar-refractivity contribution < 1.29 is 19.3 Å². The van der Waals surface area contributed by atoms with E-state index in [-0.39, 0.29) is 6.61 Å². The highest BCUT2D eigenvalue weighted by atomic mass is 35.5. The number of halogens is 1. The molecule has 0 unspecified atom stereocenters. The van der Waals surface area contributed by atoms with E-state index in [0.717, 1.165) is 5.56 Å². The molecule has 0 heterocycles. The van der Waals surface area contributed by atoms with Crippen molar-refractivity contribution >= 4 is 11.6 Å². The number of aliphatic hydroxyl groups excluding tert-OH is 1. The molecule has 21 heavy (non-hydrogen) atoms. The van der Waals surface area contributed by atoms with Gasteiger partial charge in [-0.05, 0) is 29.8 Å². The Balaban J connectivity index is 1.87. The summed E-state index contributed by atoms with van der Waals surface area (Å²) in [5, 5.41) is 9.66. The van der Waals surface area contributed by atoms with Gasteiger partial charge in [-0.15, -0.1) is 0 Å². The second-order valence-corrected chi connectivity index (χ2v) is 4.68. The molecule has 0 saturated carbocycles. The number of ether oxygens (including phenoxy) is 3. The quantitative estimate of drug-likeness (QED) is 0.797. The van der Waals surface area contributed by atoms with Crippen molar-refractivity contribution in [1.82, 2.24) is 0 Å². The molecule has 0 amide bonds. The highest BCUT2D eigenvalue weighted by Gasteiger charge is 2.06. The van der Waals surface area contributed by atoms with Crippen molar-refractivity contribution in [3.63, 3.8) is 0 Å². The molecule has 0 aliphatic carbocycles. The van der Waals surface area contributed by atoms with Crippen LogP contribution in [0.2, 0.25) is 5.02 Å². The zero-order valence-corrected chi connectivity index (χ0v) is 12.5. The Bertz CT molecular complexity index is 586. The number of methoxy groups -OCH3 is 1. The molecule has 0 aromatic heterocycles. The van der Waals surface area contributed by atoms with Crippen LogP contribution in [-0.4, -0.2) is 25.4 Å². The van der Waals surface area contributed by atoms with Crippen LogP contribution < -0.4 is 14.2 Å². The fraction of sp³-hybridized carbons (Fsp3) is 0.250. The fourth-order valence-electron chi connectivity index (χ4n) is 1.79. The van der Waals surface area contributed by atoms with Gasteiger partial charge in [0.2, 0.25) is 0 Å². The monoisotopic (exact) mass is 308 g/mol. The van der Waals surface area contributed by atoms with Crippen LogP contribution in [0.15, 0.2) is 42.5 Å². The molecule has 0 fully saturated rings. The normalized spacial score (nSPS) is 10.2. The molecule has 0 radical (unpaired) electrons. The number of hydrogen-bond acceptors (Lipinski definition) is 4. The van der Waals surface area contributed by atoms with E-state index in [9.17, 15) is 0 Å². The average molecular weight is 309 g/mol. The first kappa shape index (κ1) is 15.5. The van der Waals surface area contributed by atoms with Crippen LogP contribution in [0.25, 0.3) is 0 Å². The predicted octanol–water partition coefficient (Wildman–Crippen LogP) is 3.30. The first-order valence-corrected chi connectivity index (χ1v) is 6.90. The molecule has 0 bridgehead atoms. The third-order valence-electron chi connectivity index (χ3n) is 2.85. The Morgan fingerprint density at radius 3 is 2.33 bits per heavy atom. The van der Waals surface area contributed by atoms with E-state index in [1.165, 1.54) is 0 Å². The molecule has 1 N–H and O–H groups in total. The maximum atomic E-state index is 9.09. The van der Waals surface area contributed by atoms with Gasteiger partial charge in [-0.2, -0.15) is 0 Å². The Morgan fingerprint density at radius 1 is 0.952 bits per heavy atom. The molecule has 0 saturated heterocycles. The maximum absolute atomic E-state index is 9.09. The minimum atomic E-state index is -0.0355. The Labute approximate surface area is 128 Å². The summed E-state index contributed by atoms with van der Waals surface area (Å²) < 4.78 is 16.4. The van der Waals surface area contributed by atoms with Crippen molar-refractivity contribution in [2.75, 3.05) is 20.3 Å². The molecular formula is C16H17ClO4. The van der Waals surface area contributed by atoms with Gasteiger partial charge >= 0.3 is 0 Å². The summed E-state index contributed by atoms with van der Waals surface area (Å²) in [7, 11) is 1.56. The van der Waals surface area contributed by atoms with Gasteiger partial charge in [0.05, 0.1) is 18.7 Å². The summed E-state index contributed by atoms with van der Waals surface area (Å²) in [6, 6.07) is 12.6. The van der Waals surface area contributed by atoms with Crippen LogP contribution in [0, 0.1) is 0 Å². The van der Waals surface area contributed by atoms with Gasteiger partial charge in [-0.3, -0.25) is 0 Å². The SMILES string of the molecule is COc1cc(CO)ccc1OCCOc1ccccc1Cl. The number of para-hydroxylation sites is 1. The average Bonchev–Trinajstić information content (AvgIpc) is 2.53. The topological polar surface area (TPSA) is 47.9 Å². The Hall–Kier alpha value is -1.91. The first-order chi connectivity index (χ1) is 10.2. The Morgan fingerprint density at radius 2 is 1.67 bits per heavy atom. The van der Waals surface area contributed by atoms with Gasteiger partial charge in [-0.25, -0.2) is 0 Å². The third kappa shape index (κ3) is 4.28. The number of benzene rings is 2. The summed E-state index contributed by atoms with van der Waals surface area (Å²) >= 11 is 5.99. The summed E-state index contributed by atoms with van der Waals surface area (Å²) in [4.78, 5) is 0. The molecule has 0 spiro atoms. The van der Waals surface area contributed by atoms with E-state index in [2.05, 4.69) is 0 Å². The predicted molar refractivity (Wildman–Crippen MR) is 81.4 cm³/mol. The number of rotatable bonds is 7. The molecule has 112 valence electrons. The molecule has 2 aromatic rings. The van der Waals surface area contributed by atoms with Gasteiger partial charge < -0.3 is 19.3 Å². The molecule has 2 aromatic carbocycles.